The van der Waals surface area contributed by atoms with Crippen molar-refractivity contribution in [2.24, 2.45) is 5.73 Å². The Morgan fingerprint density at radius 3 is 2.50 bits per heavy atom. The highest BCUT2D eigenvalue weighted by molar-refractivity contribution is 6.42. The lowest BCUT2D eigenvalue weighted by Crippen LogP contribution is -2.08. The largest absolute Gasteiger partial charge is 0.323 e. The van der Waals surface area contributed by atoms with Gasteiger partial charge in [-0.3, -0.25) is 0 Å². The second-order valence-corrected chi connectivity index (χ2v) is 3.46. The van der Waals surface area contributed by atoms with Crippen LogP contribution in [0.25, 0.3) is 0 Å². The number of rotatable bonds is 2. The van der Waals surface area contributed by atoms with E-state index in [1.54, 1.807) is 18.2 Å². The maximum absolute atomic E-state index is 8.43. The second kappa shape index (κ2) is 6.10. The van der Waals surface area contributed by atoms with Crippen molar-refractivity contribution in [2.75, 3.05) is 0 Å². The van der Waals surface area contributed by atoms with E-state index in [1.165, 1.54) is 0 Å². The highest BCUT2D eigenvalue weighted by Gasteiger charge is 2.06. The van der Waals surface area contributed by atoms with Crippen LogP contribution in [0.3, 0.4) is 0 Å². The Balaban J connectivity index is 0.00000169. The quantitative estimate of drug-likeness (QED) is 0.876. The van der Waals surface area contributed by atoms with E-state index in [0.717, 1.165) is 5.56 Å². The first-order valence-corrected chi connectivity index (χ1v) is 4.48. The van der Waals surface area contributed by atoms with E-state index in [4.69, 9.17) is 34.2 Å². The van der Waals surface area contributed by atoms with Gasteiger partial charge in [0.2, 0.25) is 0 Å². The summed E-state index contributed by atoms with van der Waals surface area (Å²) in [6.45, 7) is 0. The second-order valence-electron chi connectivity index (χ2n) is 2.64. The Morgan fingerprint density at radius 1 is 1.36 bits per heavy atom. The molecule has 2 N–H and O–H groups in total. The smallest absolute Gasteiger partial charge is 0.0641 e. The molecule has 0 aromatic heterocycles. The average molecular weight is 252 g/mol. The Hall–Kier alpha value is -0.460. The molecule has 0 unspecified atom stereocenters. The van der Waals surface area contributed by atoms with E-state index >= 15 is 0 Å². The van der Waals surface area contributed by atoms with Crippen molar-refractivity contribution in [3.8, 4) is 6.07 Å². The van der Waals surface area contributed by atoms with Crippen molar-refractivity contribution in [2.45, 2.75) is 12.5 Å². The molecule has 0 radical (unpaired) electrons. The van der Waals surface area contributed by atoms with Gasteiger partial charge >= 0.3 is 0 Å². The molecule has 0 bridgehead atoms. The zero-order chi connectivity index (χ0) is 9.84. The molecule has 0 saturated heterocycles. The van der Waals surface area contributed by atoms with Crippen molar-refractivity contribution in [3.05, 3.63) is 33.8 Å². The molecule has 76 valence electrons. The fraction of sp³-hybridized carbons (Fsp3) is 0.222. The highest BCUT2D eigenvalue weighted by Crippen LogP contribution is 2.25. The van der Waals surface area contributed by atoms with Gasteiger partial charge in [-0.05, 0) is 17.7 Å². The SMILES string of the molecule is Cl.N#CC[C@H](N)c1ccc(Cl)c(Cl)c1. The number of hydrogen-bond donors (Lipinski definition) is 1. The van der Waals surface area contributed by atoms with Gasteiger partial charge in [-0.15, -0.1) is 12.4 Å². The molecule has 0 aliphatic carbocycles. The molecule has 1 aromatic carbocycles. The minimum Gasteiger partial charge on any atom is -0.323 e. The summed E-state index contributed by atoms with van der Waals surface area (Å²) in [6, 6.07) is 6.84. The summed E-state index contributed by atoms with van der Waals surface area (Å²) in [4.78, 5) is 0. The number of hydrogen-bond acceptors (Lipinski definition) is 2. The van der Waals surface area contributed by atoms with Crippen molar-refractivity contribution < 1.29 is 0 Å². The Morgan fingerprint density at radius 2 is 2.00 bits per heavy atom. The summed E-state index contributed by atoms with van der Waals surface area (Å²) in [6.07, 6.45) is 0.276. The van der Waals surface area contributed by atoms with Gasteiger partial charge in [-0.2, -0.15) is 5.26 Å². The number of benzene rings is 1. The van der Waals surface area contributed by atoms with Gasteiger partial charge in [0.1, 0.15) is 0 Å². The summed E-state index contributed by atoms with van der Waals surface area (Å²) in [5.41, 5.74) is 6.53. The molecule has 0 amide bonds. The van der Waals surface area contributed by atoms with Crippen molar-refractivity contribution >= 4 is 35.6 Å². The molecular weight excluding hydrogens is 242 g/mol. The summed E-state index contributed by atoms with van der Waals surface area (Å²) in [5, 5.41) is 9.39. The van der Waals surface area contributed by atoms with Crippen LogP contribution < -0.4 is 5.73 Å². The molecular formula is C9H9Cl3N2. The Labute approximate surface area is 99.0 Å². The summed E-state index contributed by atoms with van der Waals surface area (Å²) in [7, 11) is 0. The van der Waals surface area contributed by atoms with Crippen LogP contribution >= 0.6 is 35.6 Å². The third-order valence-corrected chi connectivity index (χ3v) is 2.42. The summed E-state index contributed by atoms with van der Waals surface area (Å²) >= 11 is 11.5. The number of nitrogens with zero attached hydrogens (tertiary/aromatic N) is 1. The molecule has 0 aliphatic heterocycles. The van der Waals surface area contributed by atoms with Crippen molar-refractivity contribution in [1.82, 2.24) is 0 Å². The fourth-order valence-corrected chi connectivity index (χ4v) is 1.27. The topological polar surface area (TPSA) is 49.8 Å². The molecule has 14 heavy (non-hydrogen) atoms. The summed E-state index contributed by atoms with van der Waals surface area (Å²) in [5.74, 6) is 0. The highest BCUT2D eigenvalue weighted by atomic mass is 35.5. The van der Waals surface area contributed by atoms with Crippen LogP contribution in [0.15, 0.2) is 18.2 Å². The van der Waals surface area contributed by atoms with E-state index < -0.39 is 0 Å². The maximum Gasteiger partial charge on any atom is 0.0641 e. The van der Waals surface area contributed by atoms with Crippen molar-refractivity contribution in [3.63, 3.8) is 0 Å². The molecule has 0 aliphatic rings. The zero-order valence-electron chi connectivity index (χ0n) is 7.21. The van der Waals surface area contributed by atoms with Gasteiger partial charge in [0.05, 0.1) is 22.5 Å². The van der Waals surface area contributed by atoms with E-state index in [9.17, 15) is 0 Å². The van der Waals surface area contributed by atoms with Crippen molar-refractivity contribution in [1.29, 1.82) is 5.26 Å². The number of nitrogens with two attached hydrogens (primary N) is 1. The minimum absolute atomic E-state index is 0. The van der Waals surface area contributed by atoms with E-state index in [1.807, 2.05) is 6.07 Å². The monoisotopic (exact) mass is 250 g/mol. The van der Waals surface area contributed by atoms with Crippen LogP contribution in [0.2, 0.25) is 10.0 Å². The minimum atomic E-state index is -0.292. The Kier molecular flexibility index (Phi) is 5.90. The first-order chi connectivity index (χ1) is 6.15. The van der Waals surface area contributed by atoms with Crippen LogP contribution in [-0.2, 0) is 0 Å². The molecule has 2 nitrogen and oxygen atoms in total. The lowest BCUT2D eigenvalue weighted by molar-refractivity contribution is 0.749. The zero-order valence-corrected chi connectivity index (χ0v) is 9.53. The molecule has 1 atom stereocenters. The summed E-state index contributed by atoms with van der Waals surface area (Å²) < 4.78 is 0. The Bertz CT molecular complexity index is 346. The van der Waals surface area contributed by atoms with Gasteiger partial charge in [0.15, 0.2) is 0 Å². The van der Waals surface area contributed by atoms with Gasteiger partial charge in [-0.25, -0.2) is 0 Å². The number of halogens is 3. The van der Waals surface area contributed by atoms with E-state index in [0.29, 0.717) is 10.0 Å². The molecule has 0 heterocycles. The van der Waals surface area contributed by atoms with Gasteiger partial charge in [0.25, 0.3) is 0 Å². The van der Waals surface area contributed by atoms with Crippen LogP contribution in [0.4, 0.5) is 0 Å². The lowest BCUT2D eigenvalue weighted by atomic mass is 10.1. The molecule has 1 aromatic rings. The molecule has 5 heteroatoms. The maximum atomic E-state index is 8.43. The van der Waals surface area contributed by atoms with Crippen LogP contribution in [0.5, 0.6) is 0 Å². The molecule has 0 saturated carbocycles. The van der Waals surface area contributed by atoms with Crippen LogP contribution in [-0.4, -0.2) is 0 Å². The van der Waals surface area contributed by atoms with Gasteiger partial charge < -0.3 is 5.73 Å². The van der Waals surface area contributed by atoms with Gasteiger partial charge in [-0.1, -0.05) is 29.3 Å². The normalized spacial score (nSPS) is 11.3. The standard InChI is InChI=1S/C9H8Cl2N2.ClH/c10-7-2-1-6(5-8(7)11)9(13)3-4-12;/h1-2,5,9H,3,13H2;1H/t9-;/m0./s1. The predicted molar refractivity (Wildman–Crippen MR) is 60.9 cm³/mol. The van der Waals surface area contributed by atoms with Crippen LogP contribution in [0.1, 0.15) is 18.0 Å². The van der Waals surface area contributed by atoms with E-state index in [2.05, 4.69) is 0 Å². The van der Waals surface area contributed by atoms with Crippen LogP contribution in [0, 0.1) is 11.3 Å². The predicted octanol–water partition coefficient (Wildman–Crippen LogP) is 3.33. The lowest BCUT2D eigenvalue weighted by Gasteiger charge is -2.08. The first-order valence-electron chi connectivity index (χ1n) is 3.72. The van der Waals surface area contributed by atoms with E-state index in [-0.39, 0.29) is 24.9 Å². The molecule has 0 spiro atoms. The third-order valence-electron chi connectivity index (χ3n) is 1.68. The van der Waals surface area contributed by atoms with Gasteiger partial charge in [0, 0.05) is 6.04 Å². The first kappa shape index (κ1) is 13.5. The third kappa shape index (κ3) is 3.36. The average Bonchev–Trinajstić information content (AvgIpc) is 2.10. The number of nitriles is 1. The molecule has 1 rings (SSSR count). The fourth-order valence-electron chi connectivity index (χ4n) is 0.959. The molecule has 0 fully saturated rings.